The number of piperidine rings is 1. The molecule has 1 saturated heterocycles. The summed E-state index contributed by atoms with van der Waals surface area (Å²) in [5, 5.41) is 1.96. The van der Waals surface area contributed by atoms with Gasteiger partial charge in [0.25, 0.3) is 11.8 Å². The Morgan fingerprint density at radius 3 is 2.39 bits per heavy atom. The molecule has 0 saturated carbocycles. The lowest BCUT2D eigenvalue weighted by Crippen LogP contribution is -2.39. The van der Waals surface area contributed by atoms with Crippen LogP contribution in [0.1, 0.15) is 36.6 Å². The van der Waals surface area contributed by atoms with Gasteiger partial charge in [-0.05, 0) is 48.6 Å². The minimum Gasteiger partial charge on any atom is -0.366 e. The molecule has 146 valence electrons. The summed E-state index contributed by atoms with van der Waals surface area (Å²) in [6, 6.07) is 14.5. The van der Waals surface area contributed by atoms with Crippen LogP contribution in [0.25, 0.3) is 5.57 Å². The van der Waals surface area contributed by atoms with Crippen molar-refractivity contribution < 1.29 is 9.59 Å². The second-order valence-corrected chi connectivity index (χ2v) is 8.53. The second-order valence-electron chi connectivity index (χ2n) is 7.58. The first-order valence-electron chi connectivity index (χ1n) is 10.1. The van der Waals surface area contributed by atoms with Gasteiger partial charge >= 0.3 is 0 Å². The second kappa shape index (κ2) is 8.31. The number of carbonyl (C=O) groups excluding carboxylic acids is 2. The molecule has 5 heteroatoms. The van der Waals surface area contributed by atoms with Gasteiger partial charge in [0.1, 0.15) is 5.70 Å². The fourth-order valence-corrected chi connectivity index (χ4v) is 5.00. The van der Waals surface area contributed by atoms with Gasteiger partial charge in [0.2, 0.25) is 0 Å². The Balaban J connectivity index is 1.53. The van der Waals surface area contributed by atoms with Gasteiger partial charge in [0.05, 0.1) is 5.57 Å². The van der Waals surface area contributed by atoms with Crippen molar-refractivity contribution in [1.29, 1.82) is 0 Å². The molecule has 1 aromatic carbocycles. The number of thiophene rings is 1. The highest BCUT2D eigenvalue weighted by molar-refractivity contribution is 7.11. The van der Waals surface area contributed by atoms with E-state index in [1.165, 1.54) is 21.8 Å². The number of hydrogen-bond donors (Lipinski definition) is 0. The van der Waals surface area contributed by atoms with Crippen LogP contribution >= 0.6 is 11.3 Å². The molecule has 0 spiro atoms. The lowest BCUT2D eigenvalue weighted by Gasteiger charge is -2.34. The summed E-state index contributed by atoms with van der Waals surface area (Å²) in [6.07, 6.45) is 3.96. The lowest BCUT2D eigenvalue weighted by atomic mass is 9.90. The molecule has 2 aliphatic rings. The van der Waals surface area contributed by atoms with Gasteiger partial charge in [-0.2, -0.15) is 0 Å². The summed E-state index contributed by atoms with van der Waals surface area (Å²) in [7, 11) is 0. The minimum atomic E-state index is -0.129. The molecule has 0 bridgehead atoms. The Bertz CT molecular complexity index is 865. The molecule has 0 aliphatic carbocycles. The molecule has 1 aromatic heterocycles. The van der Waals surface area contributed by atoms with Crippen LogP contribution in [0.3, 0.4) is 0 Å². The van der Waals surface area contributed by atoms with Crippen molar-refractivity contribution in [3.8, 4) is 0 Å². The monoisotopic (exact) mass is 394 g/mol. The number of benzene rings is 1. The lowest BCUT2D eigenvalue weighted by molar-refractivity contribution is -0.137. The normalized spacial score (nSPS) is 18.5. The van der Waals surface area contributed by atoms with Gasteiger partial charge in [-0.1, -0.05) is 43.3 Å². The number of hydrogen-bond acceptors (Lipinski definition) is 4. The van der Waals surface area contributed by atoms with E-state index in [9.17, 15) is 9.59 Å². The zero-order valence-electron chi connectivity index (χ0n) is 16.3. The Labute approximate surface area is 170 Å². The van der Waals surface area contributed by atoms with Crippen LogP contribution in [0, 0.1) is 5.92 Å². The van der Waals surface area contributed by atoms with Crippen molar-refractivity contribution in [1.82, 2.24) is 9.80 Å². The van der Waals surface area contributed by atoms with E-state index in [-0.39, 0.29) is 11.8 Å². The summed E-state index contributed by atoms with van der Waals surface area (Å²) in [6.45, 7) is 4.15. The summed E-state index contributed by atoms with van der Waals surface area (Å²) >= 11 is 1.53. The van der Waals surface area contributed by atoms with Crippen LogP contribution in [-0.2, 0) is 16.0 Å². The summed E-state index contributed by atoms with van der Waals surface area (Å²) in [4.78, 5) is 30.6. The molecule has 2 aliphatic heterocycles. The fourth-order valence-electron chi connectivity index (χ4n) is 4.23. The quantitative estimate of drug-likeness (QED) is 0.690. The number of nitrogens with zero attached hydrogens (tertiary/aromatic N) is 2. The van der Waals surface area contributed by atoms with Crippen molar-refractivity contribution in [2.45, 2.75) is 32.6 Å². The first-order valence-corrected chi connectivity index (χ1v) is 11.0. The van der Waals surface area contributed by atoms with Gasteiger partial charge < -0.3 is 4.90 Å². The smallest absolute Gasteiger partial charge is 0.277 e. The van der Waals surface area contributed by atoms with Gasteiger partial charge in [0.15, 0.2) is 0 Å². The predicted octanol–water partition coefficient (Wildman–Crippen LogP) is 4.19. The number of imide groups is 1. The summed E-state index contributed by atoms with van der Waals surface area (Å²) in [5.74, 6) is 0.385. The molecule has 0 atom stereocenters. The maximum Gasteiger partial charge on any atom is 0.277 e. The number of carbonyl (C=O) groups is 2. The van der Waals surface area contributed by atoms with E-state index in [4.69, 9.17) is 0 Å². The summed E-state index contributed by atoms with van der Waals surface area (Å²) in [5.41, 5.74) is 2.61. The average molecular weight is 395 g/mol. The van der Waals surface area contributed by atoms with E-state index in [0.29, 0.717) is 23.7 Å². The first-order chi connectivity index (χ1) is 13.7. The third-order valence-corrected chi connectivity index (χ3v) is 6.54. The van der Waals surface area contributed by atoms with Crippen LogP contribution in [0.4, 0.5) is 0 Å². The van der Waals surface area contributed by atoms with E-state index in [0.717, 1.165) is 43.6 Å². The van der Waals surface area contributed by atoms with E-state index < -0.39 is 0 Å². The highest BCUT2D eigenvalue weighted by Gasteiger charge is 2.42. The largest absolute Gasteiger partial charge is 0.366 e. The molecule has 0 N–H and O–H groups in total. The zero-order chi connectivity index (χ0) is 19.5. The SMILES string of the molecule is CCCN1C(=O)C(c2cccs2)=C(N2CCC(Cc3ccccc3)CC2)C1=O. The molecule has 3 heterocycles. The van der Waals surface area contributed by atoms with Crippen molar-refractivity contribution in [2.75, 3.05) is 19.6 Å². The van der Waals surface area contributed by atoms with E-state index in [1.807, 2.05) is 24.4 Å². The number of rotatable bonds is 6. The minimum absolute atomic E-state index is 0.114. The molecular formula is C23H26N2O2S. The van der Waals surface area contributed by atoms with Crippen molar-refractivity contribution in [3.05, 3.63) is 64.0 Å². The molecule has 4 rings (SSSR count). The van der Waals surface area contributed by atoms with E-state index >= 15 is 0 Å². The Morgan fingerprint density at radius 2 is 1.75 bits per heavy atom. The molecule has 0 radical (unpaired) electrons. The Morgan fingerprint density at radius 1 is 1.00 bits per heavy atom. The Kier molecular flexibility index (Phi) is 5.62. The third kappa shape index (κ3) is 3.63. The van der Waals surface area contributed by atoms with Crippen molar-refractivity contribution >= 4 is 28.7 Å². The standard InChI is InChI=1S/C23H26N2O2S/c1-2-12-25-22(26)20(19-9-6-15-28-19)21(23(25)27)24-13-10-18(11-14-24)16-17-7-4-3-5-8-17/h3-9,15,18H,2,10-14,16H2,1H3. The average Bonchev–Trinajstić information content (AvgIpc) is 3.32. The van der Waals surface area contributed by atoms with Crippen LogP contribution in [-0.4, -0.2) is 41.2 Å². The van der Waals surface area contributed by atoms with Crippen LogP contribution in [0.2, 0.25) is 0 Å². The highest BCUT2D eigenvalue weighted by atomic mass is 32.1. The highest BCUT2D eigenvalue weighted by Crippen LogP contribution is 2.36. The van der Waals surface area contributed by atoms with Crippen LogP contribution < -0.4 is 0 Å². The molecular weight excluding hydrogens is 368 g/mol. The maximum absolute atomic E-state index is 13.1. The molecule has 2 aromatic rings. The van der Waals surface area contributed by atoms with Crippen molar-refractivity contribution in [3.63, 3.8) is 0 Å². The van der Waals surface area contributed by atoms with Gasteiger partial charge in [-0.25, -0.2) is 0 Å². The molecule has 0 unspecified atom stereocenters. The van der Waals surface area contributed by atoms with Gasteiger partial charge in [-0.3, -0.25) is 14.5 Å². The molecule has 4 nitrogen and oxygen atoms in total. The number of likely N-dealkylation sites (tertiary alicyclic amines) is 1. The summed E-state index contributed by atoms with van der Waals surface area (Å²) < 4.78 is 0. The van der Waals surface area contributed by atoms with Crippen molar-refractivity contribution in [2.24, 2.45) is 5.92 Å². The topological polar surface area (TPSA) is 40.6 Å². The Hall–Kier alpha value is -2.40. The van der Waals surface area contributed by atoms with E-state index in [1.54, 1.807) is 0 Å². The molecule has 1 fully saturated rings. The van der Waals surface area contributed by atoms with Gasteiger partial charge in [0, 0.05) is 24.5 Å². The fraction of sp³-hybridized carbons (Fsp3) is 0.391. The predicted molar refractivity (Wildman–Crippen MR) is 113 cm³/mol. The first kappa shape index (κ1) is 18.9. The van der Waals surface area contributed by atoms with Crippen LogP contribution in [0.15, 0.2) is 53.5 Å². The van der Waals surface area contributed by atoms with Crippen LogP contribution in [0.5, 0.6) is 0 Å². The molecule has 2 amide bonds. The molecule has 28 heavy (non-hydrogen) atoms. The maximum atomic E-state index is 13.1. The zero-order valence-corrected chi connectivity index (χ0v) is 17.1. The third-order valence-electron chi connectivity index (χ3n) is 5.66. The van der Waals surface area contributed by atoms with Gasteiger partial charge in [-0.15, -0.1) is 11.3 Å². The van der Waals surface area contributed by atoms with E-state index in [2.05, 4.69) is 35.2 Å². The number of amides is 2.